The van der Waals surface area contributed by atoms with Gasteiger partial charge in [-0.15, -0.1) is 0 Å². The van der Waals surface area contributed by atoms with E-state index < -0.39 is 0 Å². The lowest BCUT2D eigenvalue weighted by Gasteiger charge is -2.13. The fourth-order valence-electron chi connectivity index (χ4n) is 3.53. The maximum absolute atomic E-state index is 5.26. The molecular weight excluding hydrogens is 310 g/mol. The van der Waals surface area contributed by atoms with Crippen molar-refractivity contribution in [1.29, 1.82) is 0 Å². The summed E-state index contributed by atoms with van der Waals surface area (Å²) in [6.07, 6.45) is 1.93. The van der Waals surface area contributed by atoms with Crippen LogP contribution >= 0.6 is 0 Å². The van der Waals surface area contributed by atoms with Gasteiger partial charge in [0.2, 0.25) is 0 Å². The Kier molecular flexibility index (Phi) is 2.88. The molecule has 0 amide bonds. The van der Waals surface area contributed by atoms with Crippen molar-refractivity contribution in [1.82, 2.24) is 15.0 Å². The molecule has 4 nitrogen and oxygen atoms in total. The molecule has 0 aliphatic carbocycles. The monoisotopic (exact) mass is 325 g/mol. The Morgan fingerprint density at radius 3 is 2.24 bits per heavy atom. The number of pyridine rings is 1. The van der Waals surface area contributed by atoms with E-state index >= 15 is 0 Å². The minimum absolute atomic E-state index is 0.791. The topological polar surface area (TPSA) is 47.9 Å². The van der Waals surface area contributed by atoms with Gasteiger partial charge in [-0.2, -0.15) is 0 Å². The van der Waals surface area contributed by atoms with Crippen LogP contribution in [0.1, 0.15) is 5.82 Å². The van der Waals surface area contributed by atoms with E-state index in [1.807, 2.05) is 43.5 Å². The fraction of sp³-hybridized carbons (Fsp3) is 0.0952. The molecule has 0 saturated heterocycles. The highest BCUT2D eigenvalue weighted by Crippen LogP contribution is 2.37. The van der Waals surface area contributed by atoms with Crippen molar-refractivity contribution in [2.45, 2.75) is 6.92 Å². The smallest absolute Gasteiger partial charge is 0.126 e. The van der Waals surface area contributed by atoms with Gasteiger partial charge in [-0.05, 0) is 49.4 Å². The van der Waals surface area contributed by atoms with Gasteiger partial charge >= 0.3 is 0 Å². The number of methoxy groups -OCH3 is 1. The van der Waals surface area contributed by atoms with Crippen molar-refractivity contribution < 1.29 is 4.74 Å². The predicted octanol–water partition coefficient (Wildman–Crippen LogP) is 4.75. The Morgan fingerprint density at radius 2 is 1.52 bits per heavy atom. The second kappa shape index (κ2) is 5.11. The summed E-state index contributed by atoms with van der Waals surface area (Å²) in [5.74, 6) is 1.63. The third-order valence-electron chi connectivity index (χ3n) is 4.66. The van der Waals surface area contributed by atoms with Crippen LogP contribution in [-0.2, 0) is 0 Å². The average molecular weight is 325 g/mol. The molecule has 0 unspecified atom stereocenters. The molecule has 0 N–H and O–H groups in total. The molecule has 120 valence electrons. The standard InChI is InChI=1S/C21H15N3O/c1-12-23-17-9-5-14-11-22-21(13-3-6-15(25-2)7-4-13)16-8-10-18(24-12)20(17)19(14)16/h3-11H,1-2H3. The van der Waals surface area contributed by atoms with Crippen molar-refractivity contribution in [3.8, 4) is 17.0 Å². The molecule has 0 bridgehead atoms. The molecule has 0 spiro atoms. The molecule has 5 aromatic rings. The number of hydrogen-bond donors (Lipinski definition) is 0. The first-order chi connectivity index (χ1) is 12.2. The Morgan fingerprint density at radius 1 is 0.800 bits per heavy atom. The normalized spacial score (nSPS) is 11.6. The quantitative estimate of drug-likeness (QED) is 0.439. The summed E-state index contributed by atoms with van der Waals surface area (Å²) in [5, 5.41) is 4.51. The maximum Gasteiger partial charge on any atom is 0.126 e. The third-order valence-corrected chi connectivity index (χ3v) is 4.66. The van der Waals surface area contributed by atoms with Crippen molar-refractivity contribution in [3.05, 3.63) is 60.6 Å². The van der Waals surface area contributed by atoms with Crippen LogP contribution in [0.2, 0.25) is 0 Å². The number of benzene rings is 3. The zero-order valence-corrected chi connectivity index (χ0v) is 13.9. The van der Waals surface area contributed by atoms with E-state index in [2.05, 4.69) is 28.2 Å². The lowest BCUT2D eigenvalue weighted by molar-refractivity contribution is 0.415. The molecule has 0 aliphatic heterocycles. The number of rotatable bonds is 2. The molecule has 2 heterocycles. The van der Waals surface area contributed by atoms with E-state index in [-0.39, 0.29) is 0 Å². The van der Waals surface area contributed by atoms with Crippen LogP contribution in [-0.4, -0.2) is 22.1 Å². The van der Waals surface area contributed by atoms with Gasteiger partial charge in [0.1, 0.15) is 11.6 Å². The van der Waals surface area contributed by atoms with Crippen molar-refractivity contribution >= 4 is 32.6 Å². The Labute approximate surface area is 144 Å². The van der Waals surface area contributed by atoms with Crippen LogP contribution in [0, 0.1) is 6.92 Å². The van der Waals surface area contributed by atoms with Crippen LogP contribution in [0.25, 0.3) is 43.8 Å². The lowest BCUT2D eigenvalue weighted by atomic mass is 9.96. The van der Waals surface area contributed by atoms with E-state index in [1.54, 1.807) is 7.11 Å². The van der Waals surface area contributed by atoms with Gasteiger partial charge in [0.25, 0.3) is 0 Å². The molecule has 0 saturated carbocycles. The summed E-state index contributed by atoms with van der Waals surface area (Å²) in [6.45, 7) is 1.93. The van der Waals surface area contributed by atoms with Gasteiger partial charge in [-0.1, -0.05) is 6.07 Å². The Hall–Kier alpha value is -3.27. The van der Waals surface area contributed by atoms with Crippen molar-refractivity contribution in [3.63, 3.8) is 0 Å². The van der Waals surface area contributed by atoms with Crippen molar-refractivity contribution in [2.24, 2.45) is 0 Å². The number of aromatic nitrogens is 3. The molecule has 0 radical (unpaired) electrons. The molecule has 0 fully saturated rings. The number of hydrogen-bond acceptors (Lipinski definition) is 4. The molecule has 0 aliphatic rings. The predicted molar refractivity (Wildman–Crippen MR) is 100 cm³/mol. The minimum atomic E-state index is 0.791. The lowest BCUT2D eigenvalue weighted by Crippen LogP contribution is -1.95. The molecule has 4 heteroatoms. The van der Waals surface area contributed by atoms with E-state index in [0.29, 0.717) is 0 Å². The van der Waals surface area contributed by atoms with Gasteiger partial charge in [0, 0.05) is 33.3 Å². The number of nitrogens with zero attached hydrogens (tertiary/aromatic N) is 3. The SMILES string of the molecule is COc1ccc(-c2ncc3ccc4nc(C)nc5ccc2c3c45)cc1. The summed E-state index contributed by atoms with van der Waals surface area (Å²) < 4.78 is 5.26. The van der Waals surface area contributed by atoms with Gasteiger partial charge in [0.15, 0.2) is 0 Å². The molecule has 5 rings (SSSR count). The third kappa shape index (κ3) is 2.04. The molecule has 25 heavy (non-hydrogen) atoms. The van der Waals surface area contributed by atoms with E-state index in [1.165, 1.54) is 5.39 Å². The fourth-order valence-corrected chi connectivity index (χ4v) is 3.53. The highest BCUT2D eigenvalue weighted by Gasteiger charge is 2.14. The second-order valence-electron chi connectivity index (χ2n) is 6.16. The van der Waals surface area contributed by atoms with Gasteiger partial charge in [0.05, 0.1) is 23.8 Å². The summed E-state index contributed by atoms with van der Waals surface area (Å²) in [6, 6.07) is 16.3. The first-order valence-electron chi connectivity index (χ1n) is 8.17. The van der Waals surface area contributed by atoms with Crippen LogP contribution in [0.3, 0.4) is 0 Å². The van der Waals surface area contributed by atoms with E-state index in [9.17, 15) is 0 Å². The second-order valence-corrected chi connectivity index (χ2v) is 6.16. The van der Waals surface area contributed by atoms with Gasteiger partial charge in [-0.25, -0.2) is 9.97 Å². The largest absolute Gasteiger partial charge is 0.497 e. The summed E-state index contributed by atoms with van der Waals surface area (Å²) >= 11 is 0. The number of aryl methyl sites for hydroxylation is 1. The van der Waals surface area contributed by atoms with Crippen LogP contribution in [0.15, 0.2) is 54.7 Å². The van der Waals surface area contributed by atoms with E-state index in [0.717, 1.165) is 50.0 Å². The maximum atomic E-state index is 5.26. The number of ether oxygens (including phenoxy) is 1. The molecule has 2 aromatic heterocycles. The van der Waals surface area contributed by atoms with Gasteiger partial charge < -0.3 is 4.74 Å². The molecule has 0 atom stereocenters. The van der Waals surface area contributed by atoms with Crippen LogP contribution < -0.4 is 4.74 Å². The Bertz CT molecular complexity index is 1210. The van der Waals surface area contributed by atoms with Crippen molar-refractivity contribution in [2.75, 3.05) is 7.11 Å². The highest BCUT2D eigenvalue weighted by atomic mass is 16.5. The summed E-state index contributed by atoms with van der Waals surface area (Å²) in [7, 11) is 1.67. The van der Waals surface area contributed by atoms with Crippen LogP contribution in [0.5, 0.6) is 5.75 Å². The Balaban J connectivity index is 1.89. The minimum Gasteiger partial charge on any atom is -0.497 e. The zero-order chi connectivity index (χ0) is 17.0. The zero-order valence-electron chi connectivity index (χ0n) is 13.9. The first kappa shape index (κ1) is 14.1. The molecular formula is C21H15N3O. The summed E-state index contributed by atoms with van der Waals surface area (Å²) in [4.78, 5) is 13.9. The molecule has 3 aromatic carbocycles. The first-order valence-corrected chi connectivity index (χ1v) is 8.17. The van der Waals surface area contributed by atoms with E-state index in [4.69, 9.17) is 9.72 Å². The van der Waals surface area contributed by atoms with Gasteiger partial charge in [-0.3, -0.25) is 4.98 Å². The average Bonchev–Trinajstić information content (AvgIpc) is 2.65. The summed E-state index contributed by atoms with van der Waals surface area (Å²) in [5.41, 5.74) is 3.99. The highest BCUT2D eigenvalue weighted by molar-refractivity contribution is 6.23. The van der Waals surface area contributed by atoms with Crippen LogP contribution in [0.4, 0.5) is 0 Å².